The molecule has 1 aliphatic heterocycles. The highest BCUT2D eigenvalue weighted by atomic mass is 79.9. The number of aromatic nitrogens is 1. The van der Waals surface area contributed by atoms with Crippen LogP contribution in [0.3, 0.4) is 0 Å². The molecule has 0 saturated carbocycles. The molecule has 1 saturated heterocycles. The van der Waals surface area contributed by atoms with Crippen LogP contribution in [0.25, 0.3) is 0 Å². The van der Waals surface area contributed by atoms with Gasteiger partial charge in [-0.15, -0.1) is 0 Å². The van der Waals surface area contributed by atoms with E-state index in [0.717, 1.165) is 30.4 Å². The summed E-state index contributed by atoms with van der Waals surface area (Å²) < 4.78 is 6.67. The summed E-state index contributed by atoms with van der Waals surface area (Å²) in [5, 5.41) is 3.25. The van der Waals surface area contributed by atoms with Crippen LogP contribution in [0.2, 0.25) is 0 Å². The van der Waals surface area contributed by atoms with E-state index in [0.29, 0.717) is 23.2 Å². The molecule has 5 nitrogen and oxygen atoms in total. The summed E-state index contributed by atoms with van der Waals surface area (Å²) in [4.78, 5) is 18.7. The SMILES string of the molecule is CNC1CCCN(C(=O)c2ccc(Oc3ccc(Br)cc3)nc2)C1. The molecule has 1 aromatic carbocycles. The van der Waals surface area contributed by atoms with Crippen molar-refractivity contribution in [3.63, 3.8) is 0 Å². The summed E-state index contributed by atoms with van der Waals surface area (Å²) in [5.74, 6) is 1.20. The maximum Gasteiger partial charge on any atom is 0.255 e. The lowest BCUT2D eigenvalue weighted by molar-refractivity contribution is 0.0697. The Morgan fingerprint density at radius 2 is 2.08 bits per heavy atom. The molecule has 3 rings (SSSR count). The first-order chi connectivity index (χ1) is 11.7. The van der Waals surface area contributed by atoms with Crippen molar-refractivity contribution in [2.24, 2.45) is 0 Å². The van der Waals surface area contributed by atoms with Crippen LogP contribution in [-0.4, -0.2) is 42.0 Å². The number of pyridine rings is 1. The van der Waals surface area contributed by atoms with Crippen LogP contribution in [-0.2, 0) is 0 Å². The Hall–Kier alpha value is -1.92. The third-order valence-electron chi connectivity index (χ3n) is 4.14. The summed E-state index contributed by atoms with van der Waals surface area (Å²) in [7, 11) is 1.94. The van der Waals surface area contributed by atoms with Crippen LogP contribution < -0.4 is 10.1 Å². The second kappa shape index (κ2) is 7.77. The van der Waals surface area contributed by atoms with Crippen molar-refractivity contribution in [3.8, 4) is 11.6 Å². The van der Waals surface area contributed by atoms with Gasteiger partial charge in [0.25, 0.3) is 5.91 Å². The van der Waals surface area contributed by atoms with Gasteiger partial charge in [-0.1, -0.05) is 15.9 Å². The van der Waals surface area contributed by atoms with Gasteiger partial charge in [0.05, 0.1) is 5.56 Å². The van der Waals surface area contributed by atoms with E-state index in [1.54, 1.807) is 18.3 Å². The number of likely N-dealkylation sites (tertiary alicyclic amines) is 1. The molecule has 1 aliphatic rings. The Morgan fingerprint density at radius 3 is 2.75 bits per heavy atom. The molecule has 1 fully saturated rings. The van der Waals surface area contributed by atoms with Crippen molar-refractivity contribution < 1.29 is 9.53 Å². The third-order valence-corrected chi connectivity index (χ3v) is 4.66. The second-order valence-corrected chi connectivity index (χ2v) is 6.74. The number of halogens is 1. The number of rotatable bonds is 4. The largest absolute Gasteiger partial charge is 0.439 e. The van der Waals surface area contributed by atoms with Crippen molar-refractivity contribution in [1.29, 1.82) is 0 Å². The lowest BCUT2D eigenvalue weighted by Gasteiger charge is -2.32. The maximum atomic E-state index is 12.6. The van der Waals surface area contributed by atoms with Gasteiger partial charge in [-0.3, -0.25) is 4.79 Å². The normalized spacial score (nSPS) is 17.6. The van der Waals surface area contributed by atoms with Gasteiger partial charge in [0, 0.05) is 35.9 Å². The number of hydrogen-bond donors (Lipinski definition) is 1. The van der Waals surface area contributed by atoms with E-state index >= 15 is 0 Å². The molecular formula is C18H20BrN3O2. The van der Waals surface area contributed by atoms with Crippen molar-refractivity contribution in [2.75, 3.05) is 20.1 Å². The minimum atomic E-state index is 0.0256. The predicted molar refractivity (Wildman–Crippen MR) is 96.4 cm³/mol. The molecule has 6 heteroatoms. The maximum absolute atomic E-state index is 12.6. The molecule has 1 unspecified atom stereocenters. The molecule has 1 aromatic heterocycles. The van der Waals surface area contributed by atoms with Crippen molar-refractivity contribution in [2.45, 2.75) is 18.9 Å². The molecular weight excluding hydrogens is 370 g/mol. The van der Waals surface area contributed by atoms with Gasteiger partial charge in [0.15, 0.2) is 0 Å². The van der Waals surface area contributed by atoms with Crippen LogP contribution >= 0.6 is 15.9 Å². The Morgan fingerprint density at radius 1 is 1.29 bits per heavy atom. The zero-order valence-corrected chi connectivity index (χ0v) is 15.1. The summed E-state index contributed by atoms with van der Waals surface area (Å²) >= 11 is 3.39. The first kappa shape index (κ1) is 16.9. The number of piperidine rings is 1. The van der Waals surface area contributed by atoms with Crippen molar-refractivity contribution in [3.05, 3.63) is 52.6 Å². The number of carbonyl (C=O) groups is 1. The van der Waals surface area contributed by atoms with E-state index in [9.17, 15) is 4.79 Å². The van der Waals surface area contributed by atoms with Gasteiger partial charge < -0.3 is 15.0 Å². The van der Waals surface area contributed by atoms with Gasteiger partial charge >= 0.3 is 0 Å². The second-order valence-electron chi connectivity index (χ2n) is 5.82. The smallest absolute Gasteiger partial charge is 0.255 e. The Balaban J connectivity index is 1.65. The van der Waals surface area contributed by atoms with Crippen LogP contribution in [0, 0.1) is 0 Å². The molecule has 0 bridgehead atoms. The highest BCUT2D eigenvalue weighted by molar-refractivity contribution is 9.10. The van der Waals surface area contributed by atoms with E-state index in [1.165, 1.54) is 0 Å². The number of benzene rings is 1. The Labute approximate surface area is 150 Å². The summed E-state index contributed by atoms with van der Waals surface area (Å²) in [6, 6.07) is 11.4. The number of carbonyl (C=O) groups excluding carboxylic acids is 1. The van der Waals surface area contributed by atoms with Gasteiger partial charge in [-0.05, 0) is 50.2 Å². The van der Waals surface area contributed by atoms with Crippen molar-refractivity contribution in [1.82, 2.24) is 15.2 Å². The van der Waals surface area contributed by atoms with Gasteiger partial charge in [-0.25, -0.2) is 4.98 Å². The van der Waals surface area contributed by atoms with E-state index < -0.39 is 0 Å². The Kier molecular flexibility index (Phi) is 5.48. The van der Waals surface area contributed by atoms with Crippen LogP contribution in [0.5, 0.6) is 11.6 Å². The monoisotopic (exact) mass is 389 g/mol. The number of amides is 1. The number of likely N-dealkylation sites (N-methyl/N-ethyl adjacent to an activating group) is 1. The molecule has 1 N–H and O–H groups in total. The minimum absolute atomic E-state index is 0.0256. The van der Waals surface area contributed by atoms with E-state index in [4.69, 9.17) is 4.74 Å². The number of nitrogens with one attached hydrogen (secondary N) is 1. The molecule has 0 spiro atoms. The van der Waals surface area contributed by atoms with Crippen molar-refractivity contribution >= 4 is 21.8 Å². The number of ether oxygens (including phenoxy) is 1. The van der Waals surface area contributed by atoms with Gasteiger partial charge in [0.1, 0.15) is 5.75 Å². The highest BCUT2D eigenvalue weighted by Gasteiger charge is 2.23. The average molecular weight is 390 g/mol. The predicted octanol–water partition coefficient (Wildman–Crippen LogP) is 3.46. The number of nitrogens with zero attached hydrogens (tertiary/aromatic N) is 2. The third kappa shape index (κ3) is 4.13. The molecule has 1 atom stereocenters. The quantitative estimate of drug-likeness (QED) is 0.869. The average Bonchev–Trinajstić information content (AvgIpc) is 2.64. The molecule has 126 valence electrons. The first-order valence-corrected chi connectivity index (χ1v) is 8.81. The lowest BCUT2D eigenvalue weighted by Crippen LogP contribution is -2.46. The van der Waals surface area contributed by atoms with Gasteiger partial charge in [0.2, 0.25) is 5.88 Å². The minimum Gasteiger partial charge on any atom is -0.439 e. The molecule has 0 radical (unpaired) electrons. The van der Waals surface area contributed by atoms with E-state index in [1.807, 2.05) is 36.2 Å². The molecule has 24 heavy (non-hydrogen) atoms. The fraction of sp³-hybridized carbons (Fsp3) is 0.333. The summed E-state index contributed by atoms with van der Waals surface area (Å²) in [6.45, 7) is 1.54. The lowest BCUT2D eigenvalue weighted by atomic mass is 10.1. The topological polar surface area (TPSA) is 54.5 Å². The van der Waals surface area contributed by atoms with Gasteiger partial charge in [-0.2, -0.15) is 0 Å². The van der Waals surface area contributed by atoms with E-state index in [2.05, 4.69) is 26.2 Å². The fourth-order valence-corrected chi connectivity index (χ4v) is 3.03. The fourth-order valence-electron chi connectivity index (χ4n) is 2.77. The van der Waals surface area contributed by atoms with Crippen LogP contribution in [0.1, 0.15) is 23.2 Å². The summed E-state index contributed by atoms with van der Waals surface area (Å²) in [6.07, 6.45) is 3.72. The first-order valence-electron chi connectivity index (χ1n) is 8.02. The zero-order valence-electron chi connectivity index (χ0n) is 13.5. The standard InChI is InChI=1S/C18H20BrN3O2/c1-20-15-3-2-10-22(12-15)18(23)13-4-9-17(21-11-13)24-16-7-5-14(19)6-8-16/h4-9,11,15,20H,2-3,10,12H2,1H3. The van der Waals surface area contributed by atoms with Crippen LogP contribution in [0.4, 0.5) is 0 Å². The Bertz CT molecular complexity index is 688. The number of hydrogen-bond acceptors (Lipinski definition) is 4. The zero-order chi connectivity index (χ0) is 16.9. The highest BCUT2D eigenvalue weighted by Crippen LogP contribution is 2.22. The van der Waals surface area contributed by atoms with E-state index in [-0.39, 0.29) is 5.91 Å². The summed E-state index contributed by atoms with van der Waals surface area (Å²) in [5.41, 5.74) is 0.593. The molecule has 1 amide bonds. The van der Waals surface area contributed by atoms with Crippen LogP contribution in [0.15, 0.2) is 47.1 Å². The molecule has 2 aromatic rings. The molecule has 0 aliphatic carbocycles. The molecule has 2 heterocycles.